The lowest BCUT2D eigenvalue weighted by molar-refractivity contribution is -0.695. The number of rotatable bonds is 3. The van der Waals surface area contributed by atoms with Crippen LogP contribution in [0.4, 0.5) is 0 Å². The van der Waals surface area contributed by atoms with Crippen molar-refractivity contribution >= 4 is 35.6 Å². The van der Waals surface area contributed by atoms with Gasteiger partial charge in [-0.25, -0.2) is 9.13 Å². The van der Waals surface area contributed by atoms with E-state index in [-0.39, 0.29) is 12.4 Å². The third-order valence-electron chi connectivity index (χ3n) is 4.95. The van der Waals surface area contributed by atoms with Crippen LogP contribution in [0.25, 0.3) is 11.3 Å². The summed E-state index contributed by atoms with van der Waals surface area (Å²) in [6.07, 6.45) is 7.09. The first kappa shape index (κ1) is 19.3. The minimum atomic E-state index is 0. The van der Waals surface area contributed by atoms with Crippen LogP contribution in [0.15, 0.2) is 54.7 Å². The molecule has 2 nitrogen and oxygen atoms in total. The molecule has 0 saturated heterocycles. The number of halogens is 3. The minimum Gasteiger partial charge on any atom is -0.229 e. The molecule has 1 aliphatic rings. The lowest BCUT2D eigenvalue weighted by Gasteiger charge is -2.06. The molecule has 1 aromatic heterocycles. The number of nitrogens with zero attached hydrogens (tertiary/aromatic N) is 2. The lowest BCUT2D eigenvalue weighted by Crippen LogP contribution is -2.37. The molecule has 0 N–H and O–H groups in total. The molecule has 0 atom stereocenters. The summed E-state index contributed by atoms with van der Waals surface area (Å²) in [5.41, 5.74) is 3.53. The monoisotopic (exact) mass is 407 g/mol. The molecule has 0 amide bonds. The van der Waals surface area contributed by atoms with E-state index in [2.05, 4.69) is 45.7 Å². The highest BCUT2D eigenvalue weighted by atomic mass is 35.5. The van der Waals surface area contributed by atoms with Crippen molar-refractivity contribution in [2.45, 2.75) is 38.8 Å². The van der Waals surface area contributed by atoms with Crippen LogP contribution in [-0.4, -0.2) is 4.57 Å². The molecule has 1 aliphatic heterocycles. The molecule has 0 aliphatic carbocycles. The minimum absolute atomic E-state index is 0. The fourth-order valence-corrected chi connectivity index (χ4v) is 4.19. The van der Waals surface area contributed by atoms with Crippen LogP contribution in [0.3, 0.4) is 0 Å². The van der Waals surface area contributed by atoms with Crippen LogP contribution < -0.4 is 4.57 Å². The van der Waals surface area contributed by atoms with Crippen molar-refractivity contribution in [3.05, 3.63) is 76.2 Å². The van der Waals surface area contributed by atoms with E-state index in [1.807, 2.05) is 18.2 Å². The van der Waals surface area contributed by atoms with E-state index in [0.29, 0.717) is 6.54 Å². The van der Waals surface area contributed by atoms with E-state index in [1.54, 1.807) is 0 Å². The zero-order valence-electron chi connectivity index (χ0n) is 14.5. The summed E-state index contributed by atoms with van der Waals surface area (Å²) in [7, 11) is 0. The predicted octanol–water partition coefficient (Wildman–Crippen LogP) is 5.95. The van der Waals surface area contributed by atoms with Crippen LogP contribution >= 0.6 is 35.6 Å². The quantitative estimate of drug-likeness (QED) is 0.474. The van der Waals surface area contributed by atoms with E-state index in [1.165, 1.54) is 36.3 Å². The summed E-state index contributed by atoms with van der Waals surface area (Å²) in [6.45, 7) is 1.78. The summed E-state index contributed by atoms with van der Waals surface area (Å²) < 4.78 is 4.81. The van der Waals surface area contributed by atoms with Crippen molar-refractivity contribution in [1.82, 2.24) is 4.57 Å². The Kier molecular flexibility index (Phi) is 6.29. The summed E-state index contributed by atoms with van der Waals surface area (Å²) in [6, 6.07) is 16.3. The van der Waals surface area contributed by atoms with Gasteiger partial charge in [-0.15, -0.1) is 12.4 Å². The summed E-state index contributed by atoms with van der Waals surface area (Å²) >= 11 is 12.8. The zero-order valence-corrected chi connectivity index (χ0v) is 16.8. The van der Waals surface area contributed by atoms with Gasteiger partial charge in [-0.1, -0.05) is 59.6 Å². The van der Waals surface area contributed by atoms with Crippen LogP contribution in [0.5, 0.6) is 0 Å². The van der Waals surface area contributed by atoms with Gasteiger partial charge in [-0.05, 0) is 31.4 Å². The van der Waals surface area contributed by atoms with E-state index < -0.39 is 0 Å². The number of aromatic nitrogens is 2. The first-order chi connectivity index (χ1) is 12.2. The van der Waals surface area contributed by atoms with Gasteiger partial charge < -0.3 is 0 Å². The van der Waals surface area contributed by atoms with E-state index >= 15 is 0 Å². The van der Waals surface area contributed by atoms with Gasteiger partial charge >= 0.3 is 0 Å². The molecule has 0 spiro atoms. The zero-order chi connectivity index (χ0) is 17.2. The van der Waals surface area contributed by atoms with E-state index in [0.717, 1.165) is 28.6 Å². The Morgan fingerprint density at radius 1 is 0.885 bits per heavy atom. The second-order valence-corrected chi connectivity index (χ2v) is 7.40. The Hall–Kier alpha value is -1.48. The molecule has 26 heavy (non-hydrogen) atoms. The number of hydrogen-bond acceptors (Lipinski definition) is 0. The van der Waals surface area contributed by atoms with Crippen LogP contribution in [0.2, 0.25) is 10.0 Å². The highest BCUT2D eigenvalue weighted by Crippen LogP contribution is 2.27. The molecular formula is C21H22Cl3N2+. The summed E-state index contributed by atoms with van der Waals surface area (Å²) in [5.74, 6) is 1.37. The standard InChI is InChI=1S/C21H21Cl2N2.ClH/c22-18-10-7-11-19(23)17(18)14-24-15-20(16-8-3-1-4-9-16)25-13-6-2-5-12-21(24)25;/h1,3-4,7-11,15H,2,5-6,12-14H2;1H/q+1;. The summed E-state index contributed by atoms with van der Waals surface area (Å²) in [5, 5.41) is 1.46. The highest BCUT2D eigenvalue weighted by molar-refractivity contribution is 6.35. The van der Waals surface area contributed by atoms with Gasteiger partial charge in [0.05, 0.1) is 6.54 Å². The first-order valence-corrected chi connectivity index (χ1v) is 9.60. The van der Waals surface area contributed by atoms with Gasteiger partial charge in [-0.2, -0.15) is 0 Å². The molecule has 2 aromatic carbocycles. The molecule has 2 heterocycles. The number of hydrogen-bond donors (Lipinski definition) is 0. The second kappa shape index (κ2) is 8.47. The maximum atomic E-state index is 6.41. The SMILES string of the molecule is Cl.Clc1cccc(Cl)c1C[n+]1cc(-c2ccccc2)n2c1CCCCC2. The van der Waals surface area contributed by atoms with Crippen LogP contribution in [-0.2, 0) is 19.5 Å². The Morgan fingerprint density at radius 3 is 2.35 bits per heavy atom. The van der Waals surface area contributed by atoms with Gasteiger partial charge in [-0.3, -0.25) is 0 Å². The average Bonchev–Trinajstić information content (AvgIpc) is 2.80. The maximum absolute atomic E-state index is 6.41. The summed E-state index contributed by atoms with van der Waals surface area (Å²) in [4.78, 5) is 0. The maximum Gasteiger partial charge on any atom is 0.257 e. The van der Waals surface area contributed by atoms with Crippen molar-refractivity contribution in [3.8, 4) is 11.3 Å². The van der Waals surface area contributed by atoms with Crippen LogP contribution in [0.1, 0.15) is 30.7 Å². The molecule has 0 unspecified atom stereocenters. The van der Waals surface area contributed by atoms with Gasteiger partial charge in [0.2, 0.25) is 0 Å². The Bertz CT molecular complexity index is 868. The third kappa shape index (κ3) is 3.78. The molecule has 0 radical (unpaired) electrons. The van der Waals surface area contributed by atoms with Gasteiger partial charge in [0, 0.05) is 27.6 Å². The second-order valence-electron chi connectivity index (χ2n) is 6.59. The fourth-order valence-electron chi connectivity index (χ4n) is 3.67. The molecular weight excluding hydrogens is 387 g/mol. The largest absolute Gasteiger partial charge is 0.257 e. The Balaban J connectivity index is 0.00000196. The molecule has 4 rings (SSSR count). The third-order valence-corrected chi connectivity index (χ3v) is 5.66. The number of imidazole rings is 1. The van der Waals surface area contributed by atoms with Crippen molar-refractivity contribution in [1.29, 1.82) is 0 Å². The number of benzene rings is 2. The first-order valence-electron chi connectivity index (χ1n) is 8.84. The average molecular weight is 409 g/mol. The molecule has 0 bridgehead atoms. The lowest BCUT2D eigenvalue weighted by atomic mass is 10.1. The Morgan fingerprint density at radius 2 is 1.62 bits per heavy atom. The molecule has 0 fully saturated rings. The van der Waals surface area contributed by atoms with Crippen molar-refractivity contribution in [2.24, 2.45) is 0 Å². The predicted molar refractivity (Wildman–Crippen MR) is 110 cm³/mol. The van der Waals surface area contributed by atoms with E-state index in [4.69, 9.17) is 23.2 Å². The molecule has 136 valence electrons. The fraction of sp³-hybridized carbons (Fsp3) is 0.286. The van der Waals surface area contributed by atoms with Crippen molar-refractivity contribution in [2.75, 3.05) is 0 Å². The Labute approximate surface area is 170 Å². The highest BCUT2D eigenvalue weighted by Gasteiger charge is 2.26. The van der Waals surface area contributed by atoms with Gasteiger partial charge in [0.15, 0.2) is 5.69 Å². The topological polar surface area (TPSA) is 8.81 Å². The van der Waals surface area contributed by atoms with Crippen molar-refractivity contribution in [3.63, 3.8) is 0 Å². The van der Waals surface area contributed by atoms with Gasteiger partial charge in [0.1, 0.15) is 12.7 Å². The van der Waals surface area contributed by atoms with Gasteiger partial charge in [0.25, 0.3) is 5.82 Å². The normalized spacial score (nSPS) is 13.6. The molecule has 5 heteroatoms. The molecule has 3 aromatic rings. The number of fused-ring (bicyclic) bond motifs is 1. The molecule has 0 saturated carbocycles. The van der Waals surface area contributed by atoms with E-state index in [9.17, 15) is 0 Å². The van der Waals surface area contributed by atoms with Crippen LogP contribution in [0, 0.1) is 0 Å². The smallest absolute Gasteiger partial charge is 0.229 e. The van der Waals surface area contributed by atoms with Crippen molar-refractivity contribution < 1.29 is 4.57 Å².